The Morgan fingerprint density at radius 3 is 1.04 bits per heavy atom. The average Bonchev–Trinajstić information content (AvgIpc) is 1.62. The molecule has 6 fully saturated rings. The van der Waals surface area contributed by atoms with Crippen molar-refractivity contribution in [2.75, 3.05) is 152 Å². The molecule has 28 atom stereocenters. The Hall–Kier alpha value is -6.82. The van der Waals surface area contributed by atoms with E-state index in [2.05, 4.69) is 29.9 Å². The van der Waals surface area contributed by atoms with Crippen molar-refractivity contribution in [1.82, 2.24) is 57.3 Å². The van der Waals surface area contributed by atoms with Gasteiger partial charge in [0.05, 0.1) is 111 Å². The van der Waals surface area contributed by atoms with Crippen molar-refractivity contribution in [3.63, 3.8) is 0 Å². The Bertz CT molecular complexity index is 6220. The number of phosphoric acid groups is 2. The van der Waals surface area contributed by atoms with Crippen LogP contribution in [0.2, 0.25) is 0 Å². The third-order valence-corrected chi connectivity index (χ3v) is 29.5. The van der Waals surface area contributed by atoms with E-state index in [1.165, 1.54) is 82.6 Å². The van der Waals surface area contributed by atoms with Crippen molar-refractivity contribution in [3.8, 4) is 0 Å². The van der Waals surface area contributed by atoms with Crippen molar-refractivity contribution in [1.29, 1.82) is 0 Å². The van der Waals surface area contributed by atoms with Crippen LogP contribution in [0.25, 0.3) is 0 Å². The Morgan fingerprint density at radius 2 is 0.676 bits per heavy atom. The summed E-state index contributed by atoms with van der Waals surface area (Å²) in [5.41, 5.74) is 9.83. The number of nitrogens with zero attached hydrogens (tertiary/aromatic N) is 9. The van der Waals surface area contributed by atoms with Gasteiger partial charge in [-0.25, -0.2) is 28.8 Å². The number of nitrogens with one attached hydrogen (secondary N) is 3. The minimum Gasteiger partial charge on any atom is -0.780 e. The maximum absolute atomic E-state index is 15.5. The van der Waals surface area contributed by atoms with Gasteiger partial charge in [-0.15, -0.1) is 0 Å². The summed E-state index contributed by atoms with van der Waals surface area (Å²) in [7, 11) is -5.95. The van der Waals surface area contributed by atoms with Crippen LogP contribution in [0.15, 0.2) is 80.3 Å². The van der Waals surface area contributed by atoms with Crippen LogP contribution < -0.4 is 87.6 Å². The standard InChI is InChI=1S/C76H114N15O43P5S3/c1-13-42-43(24-49(124-42)86-25-36(2)60(77)80-71(86)96)130-137(106,140)122-34-47-52(57(116-21-16-111-10)68(128-47)91-30-41(7)65(95)85-76(91)101)132-135(102,103)119-32-45-51(56(115-20-15-110-9)67(126-45)90-29-40(6)64(94)84-75(90)100)131-136(104,105)120-33-46-53(58(117-22-17-112-11)69(127-46)87-26-37(3)61(78)81-72(87)97)133-139(108,142)123-35-48-54(59(118-23-18-113-12)70(129-48)88-27-38(4)62(79)82-73(88)98)134-138(107,141)121-31-44-50(92)55(114-19-14-109-8)66(125-44)89-28-39(5)63(93)83-74(89)99/h25-30,42-59,66-70,92H,13-24,31-35H2,1-12H3,(H,102,103)(H,104,105)(H,106,140)(H,107,141)(H,108,142)(H2,77,80,96)(H2,78,81,97)(H2,79,82,98)(H,83,93,99)(H,84,94,100)(H,85,95,101)/p-5/t42-,43?,44-,45-,46-,47-,48-,49-,50?,51?,52?,53?,54?,55+,56+,57+,58+,59+,66-,67-,68-,69-,70-,137?,138?,139?/m1/s1. The number of nitrogens with two attached hydrogens (primary N) is 3. The van der Waals surface area contributed by atoms with E-state index in [1.807, 2.05) is 0 Å². The minimum atomic E-state index is -6.27. The second kappa shape index (κ2) is 49.5. The summed E-state index contributed by atoms with van der Waals surface area (Å²) in [5, 5.41) is 11.7. The number of hydrogen-bond donors (Lipinski definition) is 7. The molecule has 6 aromatic rings. The van der Waals surface area contributed by atoms with Crippen LogP contribution in [-0.2, 0) is 171 Å². The van der Waals surface area contributed by atoms with Crippen LogP contribution in [0.5, 0.6) is 0 Å². The molecule has 66 heteroatoms. The summed E-state index contributed by atoms with van der Waals surface area (Å²) in [5.74, 6) is -0.524. The summed E-state index contributed by atoms with van der Waals surface area (Å²) < 4.78 is 204. The topological polar surface area (TPSA) is 751 Å². The van der Waals surface area contributed by atoms with Gasteiger partial charge >= 0.3 is 34.1 Å². The van der Waals surface area contributed by atoms with Gasteiger partial charge in [-0.3, -0.25) is 70.4 Å². The molecule has 0 aromatic carbocycles. The van der Waals surface area contributed by atoms with Crippen molar-refractivity contribution in [2.45, 2.75) is 202 Å². The lowest BCUT2D eigenvalue weighted by molar-refractivity contribution is -0.241. The maximum atomic E-state index is 15.5. The fourth-order valence-electron chi connectivity index (χ4n) is 15.8. The lowest BCUT2D eigenvalue weighted by Gasteiger charge is -2.36. The van der Waals surface area contributed by atoms with Crippen LogP contribution in [0.1, 0.15) is 90.5 Å². The first-order valence-corrected chi connectivity index (χ1v) is 54.1. The number of aromatic amines is 3. The molecule has 12 rings (SSSR count). The predicted octanol–water partition coefficient (Wildman–Crippen LogP) is -4.52. The van der Waals surface area contributed by atoms with E-state index < -0.39 is 281 Å². The van der Waals surface area contributed by atoms with E-state index in [1.54, 1.807) is 13.8 Å². The highest BCUT2D eigenvalue weighted by Crippen LogP contribution is 2.56. The monoisotopic (exact) mass is 2170 g/mol. The van der Waals surface area contributed by atoms with Crippen LogP contribution in [-0.4, -0.2) is 301 Å². The summed E-state index contributed by atoms with van der Waals surface area (Å²) in [4.78, 5) is 198. The van der Waals surface area contributed by atoms with Crippen LogP contribution in [0.3, 0.4) is 0 Å². The number of phosphoric ester groups is 2. The SMILES string of the molecule is CC[C@H]1O[C@@H](n2cc(C)c(N)nc2=O)CC1OP([O-])(=S)OC[C@H]1O[C@@H](n2cc(C)c(=O)[nH]c2=O)[C@@H](OCCOC)C1OP(=O)([O-])OC[C@H]1O[C@@H](n2cc(C)c(=O)[nH]c2=O)[C@@H](OCCOC)C1OP(=O)([O-])OC[C@H]1O[C@@H](n2cc(C)c(N)nc2=O)[C@@H](OCCOC)C1OP(=O)([S-])OC[C@H]1O[C@@H](n2cc(C)c(N)nc2=O)[C@@H](OCCOC)C1OP([O-])(=S)OC[C@H]1O[C@@H](n2cc(C)c(=O)[nH]c2=O)[C@@H](OCCOC)C1O. The highest BCUT2D eigenvalue weighted by atomic mass is 32.7. The smallest absolute Gasteiger partial charge is 0.351 e. The molecule has 0 saturated carbocycles. The molecular weight excluding hydrogens is 2060 g/mol. The minimum absolute atomic E-state index is 0.00810. The quantitative estimate of drug-likeness (QED) is 0.0107. The number of aliphatic hydroxyl groups is 1. The number of anilines is 3. The summed E-state index contributed by atoms with van der Waals surface area (Å²) in [6.07, 6.45) is -33.0. The van der Waals surface area contributed by atoms with Crippen molar-refractivity contribution >= 4 is 89.2 Å². The molecule has 142 heavy (non-hydrogen) atoms. The first-order chi connectivity index (χ1) is 67.1. The third kappa shape index (κ3) is 28.2. The number of hydrogen-bond acceptors (Lipinski definition) is 52. The molecule has 6 aliphatic rings. The molecule has 0 bridgehead atoms. The van der Waals surface area contributed by atoms with Gasteiger partial charge in [0.15, 0.2) is 37.9 Å². The molecule has 10 N–H and O–H groups in total. The highest BCUT2D eigenvalue weighted by Gasteiger charge is 2.57. The van der Waals surface area contributed by atoms with E-state index in [4.69, 9.17) is 174 Å². The van der Waals surface area contributed by atoms with Crippen molar-refractivity contribution < 1.29 is 159 Å². The van der Waals surface area contributed by atoms with Crippen molar-refractivity contribution in [2.24, 2.45) is 0 Å². The lowest BCUT2D eigenvalue weighted by atomic mass is 10.1. The number of ether oxygens (including phenoxy) is 16. The second-order valence-electron chi connectivity index (χ2n) is 32.8. The Balaban J connectivity index is 0.844. The first-order valence-electron chi connectivity index (χ1n) is 43.5. The molecule has 794 valence electrons. The number of aliphatic hydroxyl groups excluding tert-OH is 1. The number of H-pyrrole nitrogens is 3. The average molecular weight is 2170 g/mol. The van der Waals surface area contributed by atoms with Gasteiger partial charge in [-0.05, 0) is 48.0 Å². The Morgan fingerprint density at radius 1 is 0.387 bits per heavy atom. The molecule has 58 nitrogen and oxygen atoms in total. The van der Waals surface area contributed by atoms with Gasteiger partial charge in [0.2, 0.25) is 0 Å². The van der Waals surface area contributed by atoms with Gasteiger partial charge in [-0.1, -0.05) is 30.5 Å². The van der Waals surface area contributed by atoms with E-state index in [0.717, 1.165) is 52.2 Å². The van der Waals surface area contributed by atoms with Crippen molar-refractivity contribution in [3.05, 3.63) is 165 Å². The molecule has 0 amide bonds. The zero-order chi connectivity index (χ0) is 104. The summed E-state index contributed by atoms with van der Waals surface area (Å²) in [6.45, 7) is -13.8. The number of aromatic nitrogens is 12. The number of nitrogen functional groups attached to an aromatic ring is 3. The fraction of sp³-hybridized carbons (Fsp3) is 0.684. The molecule has 0 aliphatic carbocycles. The number of methoxy groups -OCH3 is 5. The van der Waals surface area contributed by atoms with Gasteiger partial charge in [-0.2, -0.15) is 15.0 Å². The molecule has 0 spiro atoms. The lowest BCUT2D eigenvalue weighted by Crippen LogP contribution is -2.43. The predicted molar refractivity (Wildman–Crippen MR) is 486 cm³/mol. The first kappa shape index (κ1) is 114. The number of rotatable bonds is 52. The van der Waals surface area contributed by atoms with E-state index in [0.29, 0.717) is 5.56 Å². The molecule has 11 unspecified atom stereocenters. The normalized spacial score (nSPS) is 29.4. The van der Waals surface area contributed by atoms with Crippen LogP contribution in [0.4, 0.5) is 17.5 Å². The maximum Gasteiger partial charge on any atom is 0.351 e. The molecular formula is C76H109N15O43P5S3-5. The summed E-state index contributed by atoms with van der Waals surface area (Å²) >= 11 is 16.5. The van der Waals surface area contributed by atoms with Crippen LogP contribution in [0, 0.1) is 41.5 Å². The van der Waals surface area contributed by atoms with Crippen LogP contribution >= 0.6 is 35.9 Å². The fourth-order valence-corrected chi connectivity index (χ4v) is 22.0. The molecule has 6 aliphatic heterocycles. The second-order valence-corrected chi connectivity index (χ2v) is 43.6. The summed E-state index contributed by atoms with van der Waals surface area (Å²) in [6, 6.07) is 0. The number of aryl methyl sites for hydroxylation is 6. The Kier molecular flexibility index (Phi) is 39.7. The van der Waals surface area contributed by atoms with E-state index >= 15 is 14.0 Å². The van der Waals surface area contributed by atoms with Gasteiger partial charge in [0.1, 0.15) is 129 Å². The zero-order valence-electron chi connectivity index (χ0n) is 78.1. The Labute approximate surface area is 820 Å². The molecule has 6 saturated heterocycles. The highest BCUT2D eigenvalue weighted by molar-refractivity contribution is 8.32. The zero-order valence-corrected chi connectivity index (χ0v) is 85.0. The third-order valence-electron chi connectivity index (χ3n) is 22.9. The molecule has 12 heterocycles. The molecule has 0 radical (unpaired) electrons. The van der Waals surface area contributed by atoms with Gasteiger partial charge in [0, 0.05) is 113 Å². The van der Waals surface area contributed by atoms with Gasteiger partial charge in [0.25, 0.3) is 32.3 Å². The van der Waals surface area contributed by atoms with Gasteiger partial charge < -0.3 is 175 Å². The van der Waals surface area contributed by atoms with E-state index in [-0.39, 0.29) is 104 Å². The largest absolute Gasteiger partial charge is 0.780 e. The molecule has 6 aromatic heterocycles. The van der Waals surface area contributed by atoms with E-state index in [9.17, 15) is 67.5 Å².